The standard InChI is InChI=1S/C10H13NO2.CH4/c1-11(2)9(10(12)13)8-6-4-3-5-7-8;/h3-7,9H,1-2H3,(H,12,13);1H4/t9-;/m1./s1. The monoisotopic (exact) mass is 195 g/mol. The van der Waals surface area contributed by atoms with Crippen molar-refractivity contribution in [3.63, 3.8) is 0 Å². The molecule has 14 heavy (non-hydrogen) atoms. The third kappa shape index (κ3) is 2.85. The fourth-order valence-corrected chi connectivity index (χ4v) is 1.30. The second-order valence-electron chi connectivity index (χ2n) is 3.12. The summed E-state index contributed by atoms with van der Waals surface area (Å²) in [6, 6.07) is 8.64. The molecule has 3 nitrogen and oxygen atoms in total. The first-order chi connectivity index (χ1) is 6.13. The van der Waals surface area contributed by atoms with Gasteiger partial charge in [0, 0.05) is 0 Å². The molecular formula is C11H17NO2. The molecule has 0 aromatic heterocycles. The molecule has 1 atom stereocenters. The Kier molecular flexibility index (Phi) is 4.87. The van der Waals surface area contributed by atoms with E-state index in [0.717, 1.165) is 5.56 Å². The number of hydrogen-bond donors (Lipinski definition) is 1. The minimum atomic E-state index is -0.823. The van der Waals surface area contributed by atoms with Crippen LogP contribution in [0.5, 0.6) is 0 Å². The molecule has 0 aliphatic rings. The van der Waals surface area contributed by atoms with Crippen LogP contribution in [-0.2, 0) is 4.79 Å². The predicted molar refractivity (Wildman–Crippen MR) is 57.2 cm³/mol. The molecule has 0 fully saturated rings. The van der Waals surface area contributed by atoms with Crippen LogP contribution in [-0.4, -0.2) is 30.1 Å². The Labute approximate surface area is 85.0 Å². The van der Waals surface area contributed by atoms with E-state index in [1.54, 1.807) is 19.0 Å². The number of aliphatic carboxylic acids is 1. The first-order valence-electron chi connectivity index (χ1n) is 4.07. The highest BCUT2D eigenvalue weighted by Gasteiger charge is 2.21. The van der Waals surface area contributed by atoms with Gasteiger partial charge >= 0.3 is 5.97 Å². The minimum Gasteiger partial charge on any atom is -0.480 e. The van der Waals surface area contributed by atoms with Crippen molar-refractivity contribution < 1.29 is 9.90 Å². The number of hydrogen-bond acceptors (Lipinski definition) is 2. The summed E-state index contributed by atoms with van der Waals surface area (Å²) in [4.78, 5) is 12.6. The summed E-state index contributed by atoms with van der Waals surface area (Å²) in [7, 11) is 3.51. The van der Waals surface area contributed by atoms with Crippen molar-refractivity contribution in [2.24, 2.45) is 0 Å². The average molecular weight is 195 g/mol. The SMILES string of the molecule is C.CN(C)[C@@H](C(=O)O)c1ccccc1. The summed E-state index contributed by atoms with van der Waals surface area (Å²) in [6.45, 7) is 0. The van der Waals surface area contributed by atoms with Gasteiger partial charge in [-0.3, -0.25) is 9.69 Å². The first kappa shape index (κ1) is 12.7. The largest absolute Gasteiger partial charge is 0.480 e. The summed E-state index contributed by atoms with van der Waals surface area (Å²) in [6.07, 6.45) is 0. The molecule has 0 bridgehead atoms. The van der Waals surface area contributed by atoms with Gasteiger partial charge in [-0.1, -0.05) is 37.8 Å². The van der Waals surface area contributed by atoms with E-state index in [2.05, 4.69) is 0 Å². The van der Waals surface area contributed by atoms with Crippen LogP contribution in [0.1, 0.15) is 19.0 Å². The van der Waals surface area contributed by atoms with Gasteiger partial charge in [0.25, 0.3) is 0 Å². The summed E-state index contributed by atoms with van der Waals surface area (Å²) >= 11 is 0. The van der Waals surface area contributed by atoms with Crippen LogP contribution in [0.4, 0.5) is 0 Å². The molecule has 3 heteroatoms. The fourth-order valence-electron chi connectivity index (χ4n) is 1.30. The van der Waals surface area contributed by atoms with Gasteiger partial charge in [0.15, 0.2) is 0 Å². The molecule has 78 valence electrons. The number of nitrogens with zero attached hydrogens (tertiary/aromatic N) is 1. The lowest BCUT2D eigenvalue weighted by Gasteiger charge is -2.19. The zero-order chi connectivity index (χ0) is 9.84. The fraction of sp³-hybridized carbons (Fsp3) is 0.364. The van der Waals surface area contributed by atoms with Gasteiger partial charge in [-0.25, -0.2) is 0 Å². The van der Waals surface area contributed by atoms with Gasteiger partial charge in [0.05, 0.1) is 0 Å². The van der Waals surface area contributed by atoms with Crippen LogP contribution >= 0.6 is 0 Å². The number of carboxylic acid groups (broad SMARTS) is 1. The van der Waals surface area contributed by atoms with Crippen LogP contribution in [0.3, 0.4) is 0 Å². The first-order valence-corrected chi connectivity index (χ1v) is 4.07. The van der Waals surface area contributed by atoms with E-state index in [1.807, 2.05) is 30.3 Å². The van der Waals surface area contributed by atoms with E-state index >= 15 is 0 Å². The summed E-state index contributed by atoms with van der Waals surface area (Å²) in [5.41, 5.74) is 0.806. The summed E-state index contributed by atoms with van der Waals surface area (Å²) in [5.74, 6) is -0.823. The molecule has 1 N–H and O–H groups in total. The van der Waals surface area contributed by atoms with E-state index < -0.39 is 12.0 Å². The molecule has 0 amide bonds. The van der Waals surface area contributed by atoms with Gasteiger partial charge in [-0.05, 0) is 19.7 Å². The normalized spacial score (nSPS) is 11.9. The molecule has 0 unspecified atom stereocenters. The summed E-state index contributed by atoms with van der Waals surface area (Å²) in [5, 5.41) is 8.96. The van der Waals surface area contributed by atoms with E-state index in [0.29, 0.717) is 0 Å². The van der Waals surface area contributed by atoms with Crippen molar-refractivity contribution in [2.75, 3.05) is 14.1 Å². The van der Waals surface area contributed by atoms with E-state index in [4.69, 9.17) is 5.11 Å². The second kappa shape index (κ2) is 5.40. The molecule has 0 aliphatic carbocycles. The van der Waals surface area contributed by atoms with Crippen molar-refractivity contribution in [1.82, 2.24) is 4.90 Å². The van der Waals surface area contributed by atoms with Crippen LogP contribution in [0.15, 0.2) is 30.3 Å². The smallest absolute Gasteiger partial charge is 0.325 e. The third-order valence-electron chi connectivity index (χ3n) is 1.87. The molecule has 0 radical (unpaired) electrons. The Morgan fingerprint density at radius 3 is 2.14 bits per heavy atom. The maximum absolute atomic E-state index is 10.9. The molecule has 0 heterocycles. The Bertz CT molecular complexity index is 283. The van der Waals surface area contributed by atoms with Gasteiger partial charge in [0.2, 0.25) is 0 Å². The van der Waals surface area contributed by atoms with Crippen molar-refractivity contribution in [3.8, 4) is 0 Å². The Morgan fingerprint density at radius 1 is 1.29 bits per heavy atom. The number of rotatable bonds is 3. The molecular weight excluding hydrogens is 178 g/mol. The lowest BCUT2D eigenvalue weighted by molar-refractivity contribution is -0.142. The number of carbonyl (C=O) groups is 1. The topological polar surface area (TPSA) is 40.5 Å². The second-order valence-corrected chi connectivity index (χ2v) is 3.12. The highest BCUT2D eigenvalue weighted by molar-refractivity contribution is 5.75. The number of benzene rings is 1. The maximum atomic E-state index is 10.9. The molecule has 1 aromatic rings. The number of carboxylic acids is 1. The van der Waals surface area contributed by atoms with Crippen LogP contribution < -0.4 is 0 Å². The number of likely N-dealkylation sites (N-methyl/N-ethyl adjacent to an activating group) is 1. The van der Waals surface area contributed by atoms with Crippen LogP contribution in [0.25, 0.3) is 0 Å². The van der Waals surface area contributed by atoms with Crippen molar-refractivity contribution >= 4 is 5.97 Å². The molecule has 0 spiro atoms. The highest BCUT2D eigenvalue weighted by Crippen LogP contribution is 2.17. The summed E-state index contributed by atoms with van der Waals surface area (Å²) < 4.78 is 0. The van der Waals surface area contributed by atoms with Crippen LogP contribution in [0, 0.1) is 0 Å². The minimum absolute atomic E-state index is 0. The van der Waals surface area contributed by atoms with Crippen LogP contribution in [0.2, 0.25) is 0 Å². The van der Waals surface area contributed by atoms with Gasteiger partial charge in [0.1, 0.15) is 6.04 Å². The van der Waals surface area contributed by atoms with Crippen molar-refractivity contribution in [2.45, 2.75) is 13.5 Å². The Morgan fingerprint density at radius 2 is 1.79 bits per heavy atom. The van der Waals surface area contributed by atoms with Gasteiger partial charge in [-0.2, -0.15) is 0 Å². The van der Waals surface area contributed by atoms with Crippen molar-refractivity contribution in [1.29, 1.82) is 0 Å². The Balaban J connectivity index is 0.00000169. The van der Waals surface area contributed by atoms with E-state index in [-0.39, 0.29) is 7.43 Å². The maximum Gasteiger partial charge on any atom is 0.325 e. The van der Waals surface area contributed by atoms with E-state index in [9.17, 15) is 4.79 Å². The van der Waals surface area contributed by atoms with Gasteiger partial charge in [-0.15, -0.1) is 0 Å². The quantitative estimate of drug-likeness (QED) is 0.802. The lowest BCUT2D eigenvalue weighted by atomic mass is 10.1. The zero-order valence-corrected chi connectivity index (χ0v) is 7.77. The average Bonchev–Trinajstić information content (AvgIpc) is 2.04. The third-order valence-corrected chi connectivity index (χ3v) is 1.87. The van der Waals surface area contributed by atoms with E-state index in [1.165, 1.54) is 0 Å². The molecule has 1 aromatic carbocycles. The van der Waals surface area contributed by atoms with Crippen molar-refractivity contribution in [3.05, 3.63) is 35.9 Å². The molecule has 0 aliphatic heterocycles. The lowest BCUT2D eigenvalue weighted by Crippen LogP contribution is -2.27. The molecule has 0 saturated carbocycles. The molecule has 0 saturated heterocycles. The Hall–Kier alpha value is -1.35. The predicted octanol–water partition coefficient (Wildman–Crippen LogP) is 2.01. The highest BCUT2D eigenvalue weighted by atomic mass is 16.4. The molecule has 1 rings (SSSR count). The van der Waals surface area contributed by atoms with Gasteiger partial charge < -0.3 is 5.11 Å². The zero-order valence-electron chi connectivity index (χ0n) is 7.77.